The fourth-order valence-corrected chi connectivity index (χ4v) is 4.10. The van der Waals surface area contributed by atoms with Crippen molar-refractivity contribution in [2.75, 3.05) is 32.8 Å². The van der Waals surface area contributed by atoms with Crippen molar-refractivity contribution in [1.82, 2.24) is 15.5 Å². The summed E-state index contributed by atoms with van der Waals surface area (Å²) in [7, 11) is 0. The summed E-state index contributed by atoms with van der Waals surface area (Å²) >= 11 is 1.79. The third kappa shape index (κ3) is 7.79. The third-order valence-corrected chi connectivity index (χ3v) is 5.74. The molecular formula is C22H31IN4O2S. The summed E-state index contributed by atoms with van der Waals surface area (Å²) in [5.74, 6) is 1.83. The molecule has 1 aliphatic heterocycles. The van der Waals surface area contributed by atoms with E-state index in [9.17, 15) is 4.79 Å². The van der Waals surface area contributed by atoms with Crippen LogP contribution in [0.25, 0.3) is 0 Å². The number of nitrogens with zero attached hydrogens (tertiary/aromatic N) is 2. The fraction of sp³-hybridized carbons (Fsp3) is 0.455. The highest BCUT2D eigenvalue weighted by Gasteiger charge is 2.20. The number of fused-ring (bicyclic) bond motifs is 1. The molecule has 2 N–H and O–H groups in total. The Morgan fingerprint density at radius 1 is 1.23 bits per heavy atom. The number of halogens is 1. The van der Waals surface area contributed by atoms with Crippen molar-refractivity contribution in [3.05, 3.63) is 52.2 Å². The van der Waals surface area contributed by atoms with Crippen molar-refractivity contribution in [3.63, 3.8) is 0 Å². The Hall–Kier alpha value is -1.81. The van der Waals surface area contributed by atoms with E-state index in [0.29, 0.717) is 26.1 Å². The van der Waals surface area contributed by atoms with Gasteiger partial charge in [-0.05, 0) is 42.5 Å². The number of carbonyl (C=O) groups excluding carboxylic acids is 1. The van der Waals surface area contributed by atoms with Gasteiger partial charge in [-0.3, -0.25) is 9.79 Å². The molecule has 2 aromatic rings. The van der Waals surface area contributed by atoms with Gasteiger partial charge in [-0.15, -0.1) is 35.3 Å². The number of aliphatic imine (C=N–C) groups is 1. The van der Waals surface area contributed by atoms with Crippen LogP contribution in [-0.2, 0) is 17.8 Å². The smallest absolute Gasteiger partial charge is 0.224 e. The topological polar surface area (TPSA) is 66.0 Å². The number of nitrogens with one attached hydrogen (secondary N) is 2. The molecule has 1 aliphatic rings. The van der Waals surface area contributed by atoms with Gasteiger partial charge in [0.15, 0.2) is 5.96 Å². The van der Waals surface area contributed by atoms with Crippen LogP contribution >= 0.6 is 35.3 Å². The summed E-state index contributed by atoms with van der Waals surface area (Å²) in [6.07, 6.45) is 2.28. The van der Waals surface area contributed by atoms with Gasteiger partial charge >= 0.3 is 0 Å². The summed E-state index contributed by atoms with van der Waals surface area (Å²) in [6.45, 7) is 6.27. The summed E-state index contributed by atoms with van der Waals surface area (Å²) < 4.78 is 5.69. The van der Waals surface area contributed by atoms with Gasteiger partial charge in [0, 0.05) is 50.4 Å². The molecule has 0 bridgehead atoms. The van der Waals surface area contributed by atoms with Crippen LogP contribution in [0.3, 0.4) is 0 Å². The van der Waals surface area contributed by atoms with Crippen LogP contribution in [0.1, 0.15) is 30.2 Å². The lowest BCUT2D eigenvalue weighted by atomic mass is 10.1. The Morgan fingerprint density at radius 3 is 2.87 bits per heavy atom. The van der Waals surface area contributed by atoms with Gasteiger partial charge in [0.1, 0.15) is 5.75 Å². The van der Waals surface area contributed by atoms with Crippen LogP contribution < -0.4 is 15.4 Å². The second-order valence-electron chi connectivity index (χ2n) is 6.89. The van der Waals surface area contributed by atoms with E-state index in [-0.39, 0.29) is 29.9 Å². The van der Waals surface area contributed by atoms with Gasteiger partial charge in [-0.25, -0.2) is 0 Å². The standard InChI is InChI=1S/C22H30N4O2S.HI/c1-2-23-22(24-12-6-15-28-19-7-4-3-5-8-19)25-13-9-21(27)26-14-10-20-18(17-26)11-16-29-20;/h3-5,7-8,11,16H,2,6,9-10,12-15,17H2,1H3,(H2,23,24,25);1H. The summed E-state index contributed by atoms with van der Waals surface area (Å²) in [5, 5.41) is 8.61. The van der Waals surface area contributed by atoms with Crippen molar-refractivity contribution in [1.29, 1.82) is 0 Å². The molecule has 0 saturated heterocycles. The van der Waals surface area contributed by atoms with Crippen LogP contribution in [0, 0.1) is 0 Å². The molecule has 0 atom stereocenters. The molecule has 1 aromatic carbocycles. The minimum atomic E-state index is 0. The largest absolute Gasteiger partial charge is 0.494 e. The Kier molecular flexibility index (Phi) is 11.0. The summed E-state index contributed by atoms with van der Waals surface area (Å²) in [6, 6.07) is 11.9. The number of para-hydroxylation sites is 1. The lowest BCUT2D eigenvalue weighted by molar-refractivity contribution is -0.131. The van der Waals surface area contributed by atoms with Crippen molar-refractivity contribution < 1.29 is 9.53 Å². The highest BCUT2D eigenvalue weighted by atomic mass is 127. The van der Waals surface area contributed by atoms with Crippen LogP contribution in [-0.4, -0.2) is 49.6 Å². The van der Waals surface area contributed by atoms with E-state index in [4.69, 9.17) is 4.74 Å². The van der Waals surface area contributed by atoms with E-state index in [2.05, 4.69) is 27.1 Å². The number of ether oxygens (including phenoxy) is 1. The van der Waals surface area contributed by atoms with E-state index in [1.54, 1.807) is 11.3 Å². The average Bonchev–Trinajstić information content (AvgIpc) is 3.22. The molecule has 6 nitrogen and oxygen atoms in total. The number of hydrogen-bond acceptors (Lipinski definition) is 4. The van der Waals surface area contributed by atoms with Gasteiger partial charge in [0.25, 0.3) is 0 Å². The molecule has 3 rings (SSSR count). The monoisotopic (exact) mass is 542 g/mol. The molecule has 0 fully saturated rings. The highest BCUT2D eigenvalue weighted by Crippen LogP contribution is 2.24. The van der Waals surface area contributed by atoms with Crippen molar-refractivity contribution in [2.24, 2.45) is 4.99 Å². The lowest BCUT2D eigenvalue weighted by Crippen LogP contribution is -2.41. The lowest BCUT2D eigenvalue weighted by Gasteiger charge is -2.27. The zero-order valence-electron chi connectivity index (χ0n) is 17.4. The first kappa shape index (κ1) is 24.5. The SMILES string of the molecule is CCNC(=NCCCOc1ccccc1)NCCC(=O)N1CCc2sccc2C1.I. The molecule has 0 radical (unpaired) electrons. The van der Waals surface area contributed by atoms with Gasteiger partial charge in [0.05, 0.1) is 6.61 Å². The van der Waals surface area contributed by atoms with Crippen LogP contribution in [0.5, 0.6) is 5.75 Å². The zero-order chi connectivity index (χ0) is 20.3. The summed E-state index contributed by atoms with van der Waals surface area (Å²) in [4.78, 5) is 20.5. The molecule has 164 valence electrons. The molecule has 1 aromatic heterocycles. The minimum absolute atomic E-state index is 0. The Labute approximate surface area is 200 Å². The normalized spacial score (nSPS) is 13.2. The Balaban J connectivity index is 0.00000320. The zero-order valence-corrected chi connectivity index (χ0v) is 20.6. The number of benzene rings is 1. The number of hydrogen-bond donors (Lipinski definition) is 2. The van der Waals surface area contributed by atoms with Crippen molar-refractivity contribution >= 4 is 47.2 Å². The highest BCUT2D eigenvalue weighted by molar-refractivity contribution is 14.0. The third-order valence-electron chi connectivity index (χ3n) is 4.72. The van der Waals surface area contributed by atoms with E-state index in [0.717, 1.165) is 44.2 Å². The van der Waals surface area contributed by atoms with E-state index in [1.165, 1.54) is 10.4 Å². The van der Waals surface area contributed by atoms with Crippen LogP contribution in [0.2, 0.25) is 0 Å². The predicted octanol–water partition coefficient (Wildman–Crippen LogP) is 3.67. The van der Waals surface area contributed by atoms with Gasteiger partial charge in [-0.2, -0.15) is 0 Å². The van der Waals surface area contributed by atoms with E-state index in [1.807, 2.05) is 42.2 Å². The molecule has 30 heavy (non-hydrogen) atoms. The van der Waals surface area contributed by atoms with Gasteiger partial charge < -0.3 is 20.3 Å². The maximum Gasteiger partial charge on any atom is 0.224 e. The Bertz CT molecular complexity index is 797. The number of rotatable bonds is 9. The average molecular weight is 542 g/mol. The van der Waals surface area contributed by atoms with E-state index < -0.39 is 0 Å². The second-order valence-corrected chi connectivity index (χ2v) is 7.89. The van der Waals surface area contributed by atoms with Crippen molar-refractivity contribution in [3.8, 4) is 5.75 Å². The molecule has 2 heterocycles. The number of carbonyl (C=O) groups is 1. The van der Waals surface area contributed by atoms with Crippen LogP contribution in [0.4, 0.5) is 0 Å². The molecule has 0 unspecified atom stereocenters. The second kappa shape index (κ2) is 13.5. The molecule has 8 heteroatoms. The quantitative estimate of drug-likeness (QED) is 0.220. The molecule has 1 amide bonds. The van der Waals surface area contributed by atoms with E-state index >= 15 is 0 Å². The van der Waals surface area contributed by atoms with Gasteiger partial charge in [0.2, 0.25) is 5.91 Å². The van der Waals surface area contributed by atoms with Crippen molar-refractivity contribution in [2.45, 2.75) is 32.7 Å². The van der Waals surface area contributed by atoms with Gasteiger partial charge in [-0.1, -0.05) is 18.2 Å². The number of amides is 1. The maximum absolute atomic E-state index is 12.5. The molecular weight excluding hydrogens is 511 g/mol. The number of thiophene rings is 1. The maximum atomic E-state index is 12.5. The minimum Gasteiger partial charge on any atom is -0.494 e. The molecule has 0 aliphatic carbocycles. The summed E-state index contributed by atoms with van der Waals surface area (Å²) in [5.41, 5.74) is 1.30. The first-order valence-electron chi connectivity index (χ1n) is 10.3. The number of guanidine groups is 1. The molecule has 0 spiro atoms. The van der Waals surface area contributed by atoms with Crippen LogP contribution in [0.15, 0.2) is 46.8 Å². The first-order chi connectivity index (χ1) is 14.3. The predicted molar refractivity (Wildman–Crippen MR) is 134 cm³/mol. The Morgan fingerprint density at radius 2 is 2.07 bits per heavy atom. The first-order valence-corrected chi connectivity index (χ1v) is 11.2. The fourth-order valence-electron chi connectivity index (χ4n) is 3.21. The molecule has 0 saturated carbocycles.